The van der Waals surface area contributed by atoms with Crippen LogP contribution in [-0.2, 0) is 4.79 Å². The number of amides is 1. The number of rotatable bonds is 2. The van der Waals surface area contributed by atoms with E-state index in [1.54, 1.807) is 24.4 Å². The van der Waals surface area contributed by atoms with Gasteiger partial charge in [-0.05, 0) is 36.8 Å². The predicted molar refractivity (Wildman–Crippen MR) is 86.8 cm³/mol. The average Bonchev–Trinajstić information content (AvgIpc) is 2.97. The molecule has 1 aliphatic heterocycles. The van der Waals surface area contributed by atoms with E-state index in [2.05, 4.69) is 20.5 Å². The van der Waals surface area contributed by atoms with E-state index in [0.717, 1.165) is 11.1 Å². The first-order valence-corrected chi connectivity index (χ1v) is 7.62. The Hall–Kier alpha value is -2.60. The third-order valence-electron chi connectivity index (χ3n) is 3.89. The third-order valence-corrected chi connectivity index (χ3v) is 4.12. The van der Waals surface area contributed by atoms with Crippen LogP contribution in [-0.4, -0.2) is 27.7 Å². The molecule has 7 heteroatoms. The van der Waals surface area contributed by atoms with Crippen molar-refractivity contribution in [1.82, 2.24) is 15.2 Å². The van der Waals surface area contributed by atoms with Gasteiger partial charge < -0.3 is 10.1 Å². The maximum absolute atomic E-state index is 12.7. The van der Waals surface area contributed by atoms with Crippen LogP contribution in [0.1, 0.15) is 17.9 Å². The van der Waals surface area contributed by atoms with Crippen molar-refractivity contribution in [3.8, 4) is 5.75 Å². The lowest BCUT2D eigenvalue weighted by Gasteiger charge is -2.25. The van der Waals surface area contributed by atoms with E-state index in [-0.39, 0.29) is 11.8 Å². The lowest BCUT2D eigenvalue weighted by molar-refractivity contribution is -0.118. The number of hydrogen-bond donors (Lipinski definition) is 2. The predicted octanol–water partition coefficient (Wildman–Crippen LogP) is 3.12. The molecule has 0 radical (unpaired) electrons. The zero-order chi connectivity index (χ0) is 15.8. The van der Waals surface area contributed by atoms with Gasteiger partial charge in [-0.2, -0.15) is 5.10 Å². The van der Waals surface area contributed by atoms with Crippen molar-refractivity contribution in [3.05, 3.63) is 47.1 Å². The number of H-pyrrole nitrogens is 1. The fourth-order valence-electron chi connectivity index (χ4n) is 2.78. The molecular formula is C16H13ClN4O2. The van der Waals surface area contributed by atoms with Gasteiger partial charge in [0.25, 0.3) is 0 Å². The van der Waals surface area contributed by atoms with Gasteiger partial charge >= 0.3 is 0 Å². The number of aromatic amines is 1. The van der Waals surface area contributed by atoms with Crippen molar-refractivity contribution in [1.29, 1.82) is 0 Å². The van der Waals surface area contributed by atoms with E-state index in [9.17, 15) is 4.79 Å². The zero-order valence-electron chi connectivity index (χ0n) is 12.0. The van der Waals surface area contributed by atoms with E-state index in [1.165, 1.54) is 0 Å². The summed E-state index contributed by atoms with van der Waals surface area (Å²) in [6.45, 7) is 0.492. The van der Waals surface area contributed by atoms with E-state index >= 15 is 0 Å². The molecule has 4 rings (SSSR count). The highest BCUT2D eigenvalue weighted by atomic mass is 35.5. The molecule has 0 bridgehead atoms. The number of nitrogens with one attached hydrogen (secondary N) is 2. The monoisotopic (exact) mass is 328 g/mol. The highest BCUT2D eigenvalue weighted by Gasteiger charge is 2.28. The molecule has 23 heavy (non-hydrogen) atoms. The van der Waals surface area contributed by atoms with Crippen LogP contribution in [0.15, 0.2) is 36.5 Å². The number of aromatic nitrogens is 3. The van der Waals surface area contributed by atoms with Gasteiger partial charge in [-0.25, -0.2) is 0 Å². The summed E-state index contributed by atoms with van der Waals surface area (Å²) in [4.78, 5) is 16.9. The summed E-state index contributed by atoms with van der Waals surface area (Å²) in [5.41, 5.74) is 2.21. The highest BCUT2D eigenvalue weighted by Crippen LogP contribution is 2.36. The Morgan fingerprint density at radius 2 is 2.30 bits per heavy atom. The van der Waals surface area contributed by atoms with Crippen LogP contribution < -0.4 is 10.1 Å². The van der Waals surface area contributed by atoms with Crippen molar-refractivity contribution in [2.45, 2.75) is 12.3 Å². The number of carbonyl (C=O) groups is 1. The molecule has 0 aliphatic carbocycles. The maximum atomic E-state index is 12.7. The van der Waals surface area contributed by atoms with Gasteiger partial charge in [-0.3, -0.25) is 14.9 Å². The molecule has 116 valence electrons. The summed E-state index contributed by atoms with van der Waals surface area (Å²) in [6, 6.07) is 8.99. The van der Waals surface area contributed by atoms with Gasteiger partial charge in [0.1, 0.15) is 11.3 Å². The Labute approximate surface area is 136 Å². The quantitative estimate of drug-likeness (QED) is 0.757. The molecule has 2 N–H and O–H groups in total. The molecule has 3 aromatic rings. The second-order valence-corrected chi connectivity index (χ2v) is 5.77. The molecule has 1 atom stereocenters. The molecule has 6 nitrogen and oxygen atoms in total. The van der Waals surface area contributed by atoms with Crippen LogP contribution >= 0.6 is 11.6 Å². The maximum Gasteiger partial charge on any atom is 0.233 e. The molecule has 0 saturated heterocycles. The van der Waals surface area contributed by atoms with Crippen LogP contribution in [0, 0.1) is 0 Å². The fourth-order valence-corrected chi connectivity index (χ4v) is 2.96. The van der Waals surface area contributed by atoms with Crippen LogP contribution in [0.5, 0.6) is 5.75 Å². The summed E-state index contributed by atoms with van der Waals surface area (Å²) in [6.07, 6.45) is 2.26. The Morgan fingerprint density at radius 1 is 1.39 bits per heavy atom. The number of pyridine rings is 1. The van der Waals surface area contributed by atoms with Crippen molar-refractivity contribution in [3.63, 3.8) is 0 Å². The molecule has 0 spiro atoms. The molecular weight excluding hydrogens is 316 g/mol. The normalized spacial score (nSPS) is 16.7. The van der Waals surface area contributed by atoms with Crippen molar-refractivity contribution in [2.24, 2.45) is 0 Å². The van der Waals surface area contributed by atoms with E-state index in [0.29, 0.717) is 35.1 Å². The number of carbonyl (C=O) groups excluding carboxylic acids is 1. The van der Waals surface area contributed by atoms with E-state index in [1.807, 2.05) is 12.1 Å². The molecule has 3 heterocycles. The minimum absolute atomic E-state index is 0.143. The van der Waals surface area contributed by atoms with Gasteiger partial charge in [-0.15, -0.1) is 0 Å². The molecule has 1 aliphatic rings. The minimum Gasteiger partial charge on any atom is -0.493 e. The van der Waals surface area contributed by atoms with Gasteiger partial charge in [-0.1, -0.05) is 11.6 Å². The van der Waals surface area contributed by atoms with Crippen LogP contribution in [0.3, 0.4) is 0 Å². The van der Waals surface area contributed by atoms with Crippen LogP contribution in [0.4, 0.5) is 5.82 Å². The molecule has 1 aromatic carbocycles. The molecule has 0 saturated carbocycles. The van der Waals surface area contributed by atoms with E-state index in [4.69, 9.17) is 16.3 Å². The average molecular weight is 329 g/mol. The third kappa shape index (κ3) is 2.51. The van der Waals surface area contributed by atoms with E-state index < -0.39 is 0 Å². The first-order valence-electron chi connectivity index (χ1n) is 7.24. The minimum atomic E-state index is -0.326. The topological polar surface area (TPSA) is 79.9 Å². The number of nitrogens with zero attached hydrogens (tertiary/aromatic N) is 2. The summed E-state index contributed by atoms with van der Waals surface area (Å²) < 4.78 is 5.59. The number of ether oxygens (including phenoxy) is 1. The molecule has 2 aromatic heterocycles. The van der Waals surface area contributed by atoms with Gasteiger partial charge in [0.2, 0.25) is 5.91 Å². The smallest absolute Gasteiger partial charge is 0.233 e. The Morgan fingerprint density at radius 3 is 3.22 bits per heavy atom. The number of anilines is 1. The van der Waals surface area contributed by atoms with Crippen molar-refractivity contribution in [2.75, 3.05) is 11.9 Å². The Bertz CT molecular complexity index is 893. The van der Waals surface area contributed by atoms with Crippen LogP contribution in [0.25, 0.3) is 11.0 Å². The van der Waals surface area contributed by atoms with Gasteiger partial charge in [0.05, 0.1) is 18.0 Å². The number of benzene rings is 1. The largest absolute Gasteiger partial charge is 0.493 e. The van der Waals surface area contributed by atoms with Gasteiger partial charge in [0.15, 0.2) is 5.82 Å². The highest BCUT2D eigenvalue weighted by molar-refractivity contribution is 6.30. The Kier molecular flexibility index (Phi) is 3.38. The number of halogens is 1. The summed E-state index contributed by atoms with van der Waals surface area (Å²) in [7, 11) is 0. The van der Waals surface area contributed by atoms with Crippen molar-refractivity contribution >= 4 is 34.4 Å². The second-order valence-electron chi connectivity index (χ2n) is 5.33. The number of hydrogen-bond acceptors (Lipinski definition) is 4. The standard InChI is InChI=1S/C16H13ClN4O2/c17-9-3-4-13-11(8-9)10(5-7-23-13)16(22)19-15-14-12(20-21-15)2-1-6-18-14/h1-4,6,8,10H,5,7H2,(H2,19,20,21,22). The fraction of sp³-hybridized carbons (Fsp3) is 0.188. The zero-order valence-corrected chi connectivity index (χ0v) is 12.8. The second kappa shape index (κ2) is 5.55. The Balaban J connectivity index is 1.64. The first kappa shape index (κ1) is 14.0. The molecule has 1 amide bonds. The lowest BCUT2D eigenvalue weighted by Crippen LogP contribution is -2.26. The lowest BCUT2D eigenvalue weighted by atomic mass is 9.92. The summed E-state index contributed by atoms with van der Waals surface area (Å²) in [5.74, 6) is 0.662. The molecule has 1 unspecified atom stereocenters. The van der Waals surface area contributed by atoms with Crippen LogP contribution in [0.2, 0.25) is 5.02 Å². The van der Waals surface area contributed by atoms with Gasteiger partial charge in [0, 0.05) is 16.8 Å². The molecule has 0 fully saturated rings. The summed E-state index contributed by atoms with van der Waals surface area (Å²) in [5, 5.41) is 10.4. The SMILES string of the molecule is O=C(Nc1n[nH]c2cccnc12)C1CCOc2ccc(Cl)cc21. The van der Waals surface area contributed by atoms with Crippen molar-refractivity contribution < 1.29 is 9.53 Å². The summed E-state index contributed by atoms with van der Waals surface area (Å²) >= 11 is 6.05. The number of fused-ring (bicyclic) bond motifs is 2. The first-order chi connectivity index (χ1) is 11.2.